The van der Waals surface area contributed by atoms with E-state index in [9.17, 15) is 9.59 Å². The summed E-state index contributed by atoms with van der Waals surface area (Å²) in [6.45, 7) is 5.30. The molecule has 1 unspecified atom stereocenters. The lowest BCUT2D eigenvalue weighted by molar-refractivity contribution is -0.169. The Hall–Kier alpha value is -3.06. The van der Waals surface area contributed by atoms with Crippen molar-refractivity contribution in [2.24, 2.45) is 0 Å². The van der Waals surface area contributed by atoms with Gasteiger partial charge in [0.2, 0.25) is 0 Å². The molecule has 0 aromatic heterocycles. The number of carbonyl (C=O) groups is 2. The number of Topliss-reactive ketones (excluding diaryl/α,β-unsaturated/α-hetero) is 1. The summed E-state index contributed by atoms with van der Waals surface area (Å²) in [5, 5.41) is 0. The number of ketones is 1. The predicted molar refractivity (Wildman–Crippen MR) is 97.9 cm³/mol. The first-order chi connectivity index (χ1) is 12.3. The van der Waals surface area contributed by atoms with E-state index in [-0.39, 0.29) is 12.2 Å². The van der Waals surface area contributed by atoms with Gasteiger partial charge in [0.1, 0.15) is 11.4 Å². The highest BCUT2D eigenvalue weighted by molar-refractivity contribution is 6.05. The Kier molecular flexibility index (Phi) is 4.56. The van der Waals surface area contributed by atoms with E-state index in [1.165, 1.54) is 0 Å². The molecule has 0 saturated heterocycles. The zero-order chi connectivity index (χ0) is 18.8. The van der Waals surface area contributed by atoms with Gasteiger partial charge in [0.25, 0.3) is 5.60 Å². The molecule has 4 nitrogen and oxygen atoms in total. The van der Waals surface area contributed by atoms with Crippen LogP contribution in [0.5, 0.6) is 5.75 Å². The van der Waals surface area contributed by atoms with E-state index in [0.29, 0.717) is 11.3 Å². The van der Waals surface area contributed by atoms with E-state index in [2.05, 4.69) is 11.8 Å². The number of hydrogen-bond acceptors (Lipinski definition) is 4. The molecule has 0 radical (unpaired) electrons. The number of fused-ring (bicyclic) bond motifs is 1. The molecule has 0 saturated carbocycles. The van der Waals surface area contributed by atoms with Crippen molar-refractivity contribution in [2.45, 2.75) is 38.4 Å². The van der Waals surface area contributed by atoms with Crippen molar-refractivity contribution in [3.63, 3.8) is 0 Å². The molecule has 1 aliphatic heterocycles. The molecule has 3 rings (SSSR count). The van der Waals surface area contributed by atoms with Crippen LogP contribution in [0.3, 0.4) is 0 Å². The Labute approximate surface area is 153 Å². The average molecular weight is 348 g/mol. The van der Waals surface area contributed by atoms with Gasteiger partial charge in [-0.05, 0) is 51.0 Å². The van der Waals surface area contributed by atoms with Crippen LogP contribution in [-0.4, -0.2) is 23.0 Å². The second kappa shape index (κ2) is 6.68. The molecule has 2 aromatic rings. The van der Waals surface area contributed by atoms with Gasteiger partial charge >= 0.3 is 5.97 Å². The van der Waals surface area contributed by atoms with Crippen LogP contribution in [0.15, 0.2) is 54.6 Å². The standard InChI is InChI=1S/C22H20O4/c1-21(2,3)26-20(24)22(14-13-16-9-5-4-6-10-16)15-18(23)17-11-7-8-12-19(17)25-22/h4-12H,15H2,1-3H3. The smallest absolute Gasteiger partial charge is 0.364 e. The van der Waals surface area contributed by atoms with Gasteiger partial charge in [-0.15, -0.1) is 0 Å². The molecule has 0 bridgehead atoms. The Balaban J connectivity index is 2.05. The highest BCUT2D eigenvalue weighted by Gasteiger charge is 2.48. The van der Waals surface area contributed by atoms with Gasteiger partial charge < -0.3 is 9.47 Å². The van der Waals surface area contributed by atoms with Crippen molar-refractivity contribution < 1.29 is 19.1 Å². The molecule has 0 amide bonds. The minimum Gasteiger partial charge on any atom is -0.462 e. The Morgan fingerprint density at radius 1 is 1.08 bits per heavy atom. The van der Waals surface area contributed by atoms with Crippen LogP contribution in [0.2, 0.25) is 0 Å². The van der Waals surface area contributed by atoms with Crippen LogP contribution >= 0.6 is 0 Å². The predicted octanol–water partition coefficient (Wildman–Crippen LogP) is 3.78. The number of para-hydroxylation sites is 1. The molecule has 26 heavy (non-hydrogen) atoms. The van der Waals surface area contributed by atoms with Gasteiger partial charge in [0.05, 0.1) is 12.0 Å². The molecule has 0 spiro atoms. The number of rotatable bonds is 1. The van der Waals surface area contributed by atoms with E-state index in [1.807, 2.05) is 30.3 Å². The summed E-state index contributed by atoms with van der Waals surface area (Å²) in [7, 11) is 0. The van der Waals surface area contributed by atoms with Crippen LogP contribution in [0.4, 0.5) is 0 Å². The van der Waals surface area contributed by atoms with Crippen molar-refractivity contribution in [3.05, 3.63) is 65.7 Å². The summed E-state index contributed by atoms with van der Waals surface area (Å²) in [5.74, 6) is 5.32. The molecule has 4 heteroatoms. The Morgan fingerprint density at radius 2 is 1.73 bits per heavy atom. The van der Waals surface area contributed by atoms with Crippen LogP contribution < -0.4 is 4.74 Å². The fraction of sp³-hybridized carbons (Fsp3) is 0.273. The van der Waals surface area contributed by atoms with Crippen molar-refractivity contribution in [1.29, 1.82) is 0 Å². The average Bonchev–Trinajstić information content (AvgIpc) is 2.59. The number of carbonyl (C=O) groups excluding carboxylic acids is 2. The van der Waals surface area contributed by atoms with Crippen LogP contribution in [-0.2, 0) is 9.53 Å². The van der Waals surface area contributed by atoms with E-state index < -0.39 is 17.2 Å². The van der Waals surface area contributed by atoms with Gasteiger partial charge in [-0.25, -0.2) is 4.79 Å². The molecule has 132 valence electrons. The highest BCUT2D eigenvalue weighted by atomic mass is 16.6. The lowest BCUT2D eigenvalue weighted by atomic mass is 9.89. The summed E-state index contributed by atoms with van der Waals surface area (Å²) in [6.07, 6.45) is -0.182. The van der Waals surface area contributed by atoms with Gasteiger partial charge in [-0.2, -0.15) is 0 Å². The minimum absolute atomic E-state index is 0.182. The lowest BCUT2D eigenvalue weighted by Gasteiger charge is -2.34. The van der Waals surface area contributed by atoms with Gasteiger partial charge in [0, 0.05) is 5.56 Å². The first-order valence-corrected chi connectivity index (χ1v) is 8.42. The third-order valence-corrected chi connectivity index (χ3v) is 3.79. The second-order valence-electron chi connectivity index (χ2n) is 7.14. The monoisotopic (exact) mass is 348 g/mol. The third kappa shape index (κ3) is 3.78. The summed E-state index contributed by atoms with van der Waals surface area (Å²) < 4.78 is 11.5. The first kappa shape index (κ1) is 17.8. The minimum atomic E-state index is -1.66. The third-order valence-electron chi connectivity index (χ3n) is 3.79. The number of hydrogen-bond donors (Lipinski definition) is 0. The molecular formula is C22H20O4. The van der Waals surface area contributed by atoms with Crippen LogP contribution in [0, 0.1) is 11.8 Å². The fourth-order valence-electron chi connectivity index (χ4n) is 2.62. The maximum atomic E-state index is 12.9. The van der Waals surface area contributed by atoms with E-state index >= 15 is 0 Å². The largest absolute Gasteiger partial charge is 0.462 e. The van der Waals surface area contributed by atoms with Crippen molar-refractivity contribution in [3.8, 4) is 17.6 Å². The molecule has 1 aliphatic rings. The van der Waals surface area contributed by atoms with Crippen molar-refractivity contribution >= 4 is 11.8 Å². The Morgan fingerprint density at radius 3 is 2.42 bits per heavy atom. The highest BCUT2D eigenvalue weighted by Crippen LogP contribution is 2.34. The zero-order valence-electron chi connectivity index (χ0n) is 15.0. The summed E-state index contributed by atoms with van der Waals surface area (Å²) in [4.78, 5) is 25.5. The lowest BCUT2D eigenvalue weighted by Crippen LogP contribution is -2.50. The van der Waals surface area contributed by atoms with Gasteiger partial charge in [-0.3, -0.25) is 4.79 Å². The van der Waals surface area contributed by atoms with E-state index in [4.69, 9.17) is 9.47 Å². The fourth-order valence-corrected chi connectivity index (χ4v) is 2.62. The molecule has 1 atom stereocenters. The zero-order valence-corrected chi connectivity index (χ0v) is 15.0. The Bertz CT molecular complexity index is 897. The molecule has 0 aliphatic carbocycles. The topological polar surface area (TPSA) is 52.6 Å². The summed E-state index contributed by atoms with van der Waals surface area (Å²) in [6, 6.07) is 16.1. The van der Waals surface area contributed by atoms with Crippen LogP contribution in [0.1, 0.15) is 43.1 Å². The summed E-state index contributed by atoms with van der Waals surface area (Å²) in [5.41, 5.74) is -1.20. The number of ether oxygens (including phenoxy) is 2. The molecule has 0 N–H and O–H groups in total. The summed E-state index contributed by atoms with van der Waals surface area (Å²) >= 11 is 0. The SMILES string of the molecule is CC(C)(C)OC(=O)C1(C#Cc2ccccc2)CC(=O)c2ccccc2O1. The van der Waals surface area contributed by atoms with Crippen molar-refractivity contribution in [2.75, 3.05) is 0 Å². The number of benzene rings is 2. The quantitative estimate of drug-likeness (QED) is 0.581. The first-order valence-electron chi connectivity index (χ1n) is 8.42. The van der Waals surface area contributed by atoms with Gasteiger partial charge in [0.15, 0.2) is 5.78 Å². The normalized spacial score (nSPS) is 18.8. The maximum absolute atomic E-state index is 12.9. The van der Waals surface area contributed by atoms with E-state index in [0.717, 1.165) is 5.56 Å². The van der Waals surface area contributed by atoms with Crippen molar-refractivity contribution in [1.82, 2.24) is 0 Å². The molecule has 2 aromatic carbocycles. The molecular weight excluding hydrogens is 328 g/mol. The second-order valence-corrected chi connectivity index (χ2v) is 7.14. The van der Waals surface area contributed by atoms with Gasteiger partial charge in [-0.1, -0.05) is 36.3 Å². The van der Waals surface area contributed by atoms with Crippen LogP contribution in [0.25, 0.3) is 0 Å². The van der Waals surface area contributed by atoms with E-state index in [1.54, 1.807) is 45.0 Å². The maximum Gasteiger partial charge on any atom is 0.364 e. The molecule has 0 fully saturated rings. The molecule has 1 heterocycles. The number of esters is 1.